The van der Waals surface area contributed by atoms with E-state index >= 15 is 0 Å². The van der Waals surface area contributed by atoms with Crippen molar-refractivity contribution in [2.45, 2.75) is 0 Å². The van der Waals surface area contributed by atoms with Crippen LogP contribution in [0.2, 0.25) is 0 Å². The fourth-order valence-electron chi connectivity index (χ4n) is 1.99. The number of nitrogens with one attached hydrogen (secondary N) is 1. The molecule has 5 heteroatoms. The first-order valence-electron chi connectivity index (χ1n) is 7.45. The Labute approximate surface area is 141 Å². The van der Waals surface area contributed by atoms with Gasteiger partial charge in [0.1, 0.15) is 11.8 Å². The number of nitriles is 1. The van der Waals surface area contributed by atoms with Gasteiger partial charge in [-0.3, -0.25) is 4.79 Å². The standard InChI is InChI=1S/C19H19N3O2/c1-22(2)17-8-6-16(7-9-17)21-19(23)12-5-15-3-10-18(11-4-15)24-14-13-20/h3-12H,14H2,1-2H3,(H,21,23). The topological polar surface area (TPSA) is 65.4 Å². The molecule has 0 spiro atoms. The molecule has 0 radical (unpaired) electrons. The summed E-state index contributed by atoms with van der Waals surface area (Å²) in [5, 5.41) is 11.3. The van der Waals surface area contributed by atoms with Crippen LogP contribution in [0, 0.1) is 11.3 Å². The van der Waals surface area contributed by atoms with Gasteiger partial charge in [-0.05, 0) is 48.0 Å². The lowest BCUT2D eigenvalue weighted by Crippen LogP contribution is -2.10. The van der Waals surface area contributed by atoms with Gasteiger partial charge in [-0.1, -0.05) is 12.1 Å². The molecule has 0 aromatic heterocycles. The Balaban J connectivity index is 1.91. The Morgan fingerprint density at radius 2 is 1.83 bits per heavy atom. The number of hydrogen-bond acceptors (Lipinski definition) is 4. The van der Waals surface area contributed by atoms with Crippen molar-refractivity contribution in [2.75, 3.05) is 30.9 Å². The highest BCUT2D eigenvalue weighted by molar-refractivity contribution is 6.02. The third-order valence-corrected chi connectivity index (χ3v) is 3.26. The van der Waals surface area contributed by atoms with Crippen molar-refractivity contribution in [2.24, 2.45) is 0 Å². The normalized spacial score (nSPS) is 10.2. The van der Waals surface area contributed by atoms with Gasteiger partial charge >= 0.3 is 0 Å². The molecule has 2 aromatic rings. The van der Waals surface area contributed by atoms with Crippen molar-refractivity contribution in [3.63, 3.8) is 0 Å². The minimum Gasteiger partial charge on any atom is -0.479 e. The molecule has 0 saturated heterocycles. The van der Waals surface area contributed by atoms with Gasteiger partial charge < -0.3 is 15.0 Å². The van der Waals surface area contributed by atoms with Crippen LogP contribution in [0.25, 0.3) is 6.08 Å². The van der Waals surface area contributed by atoms with E-state index < -0.39 is 0 Å². The summed E-state index contributed by atoms with van der Waals surface area (Å²) >= 11 is 0. The summed E-state index contributed by atoms with van der Waals surface area (Å²) in [5.74, 6) is 0.427. The molecule has 0 fully saturated rings. The Hall–Kier alpha value is -3.26. The van der Waals surface area contributed by atoms with Gasteiger partial charge in [-0.2, -0.15) is 5.26 Å². The van der Waals surface area contributed by atoms with Crippen LogP contribution in [0.1, 0.15) is 5.56 Å². The zero-order valence-electron chi connectivity index (χ0n) is 13.7. The Kier molecular flexibility index (Phi) is 5.98. The van der Waals surface area contributed by atoms with E-state index in [1.54, 1.807) is 18.2 Å². The summed E-state index contributed by atoms with van der Waals surface area (Å²) in [7, 11) is 3.93. The van der Waals surface area contributed by atoms with E-state index in [-0.39, 0.29) is 12.5 Å². The van der Waals surface area contributed by atoms with E-state index in [1.165, 1.54) is 6.08 Å². The molecule has 0 atom stereocenters. The van der Waals surface area contributed by atoms with Crippen LogP contribution in [0.15, 0.2) is 54.6 Å². The SMILES string of the molecule is CN(C)c1ccc(NC(=O)C=Cc2ccc(OCC#N)cc2)cc1. The molecular weight excluding hydrogens is 302 g/mol. The van der Waals surface area contributed by atoms with Crippen molar-refractivity contribution < 1.29 is 9.53 Å². The number of ether oxygens (including phenoxy) is 1. The second kappa shape index (κ2) is 8.39. The molecule has 0 aliphatic heterocycles. The fraction of sp³-hybridized carbons (Fsp3) is 0.158. The summed E-state index contributed by atoms with van der Waals surface area (Å²) < 4.78 is 5.17. The smallest absolute Gasteiger partial charge is 0.248 e. The summed E-state index contributed by atoms with van der Waals surface area (Å²) in [5.41, 5.74) is 2.69. The van der Waals surface area contributed by atoms with Gasteiger partial charge in [0.2, 0.25) is 5.91 Å². The highest BCUT2D eigenvalue weighted by Crippen LogP contribution is 2.16. The number of carbonyl (C=O) groups is 1. The molecule has 2 aromatic carbocycles. The van der Waals surface area contributed by atoms with Crippen LogP contribution < -0.4 is 15.0 Å². The molecule has 0 unspecified atom stereocenters. The zero-order valence-corrected chi connectivity index (χ0v) is 13.7. The van der Waals surface area contributed by atoms with Gasteiger partial charge in [-0.25, -0.2) is 0 Å². The third kappa shape index (κ3) is 5.18. The second-order valence-corrected chi connectivity index (χ2v) is 5.28. The predicted octanol–water partition coefficient (Wildman–Crippen LogP) is 3.31. The molecule has 1 N–H and O–H groups in total. The lowest BCUT2D eigenvalue weighted by molar-refractivity contribution is -0.111. The average molecular weight is 321 g/mol. The first-order chi connectivity index (χ1) is 11.6. The van der Waals surface area contributed by atoms with Crippen molar-refractivity contribution in [3.8, 4) is 11.8 Å². The minimum atomic E-state index is -0.197. The van der Waals surface area contributed by atoms with E-state index in [0.29, 0.717) is 5.75 Å². The Morgan fingerprint density at radius 1 is 1.17 bits per heavy atom. The zero-order chi connectivity index (χ0) is 17.4. The van der Waals surface area contributed by atoms with Crippen molar-refractivity contribution >= 4 is 23.4 Å². The molecule has 0 bridgehead atoms. The highest BCUT2D eigenvalue weighted by atomic mass is 16.5. The second-order valence-electron chi connectivity index (χ2n) is 5.28. The average Bonchev–Trinajstić information content (AvgIpc) is 2.59. The van der Waals surface area contributed by atoms with E-state index in [0.717, 1.165) is 16.9 Å². The number of hydrogen-bond donors (Lipinski definition) is 1. The molecule has 0 aliphatic carbocycles. The molecule has 122 valence electrons. The van der Waals surface area contributed by atoms with Gasteiger partial charge in [0, 0.05) is 31.5 Å². The van der Waals surface area contributed by atoms with Gasteiger partial charge in [0.25, 0.3) is 0 Å². The van der Waals surface area contributed by atoms with Gasteiger partial charge in [0.15, 0.2) is 6.61 Å². The van der Waals surface area contributed by atoms with Gasteiger partial charge in [0.05, 0.1) is 0 Å². The first-order valence-corrected chi connectivity index (χ1v) is 7.45. The molecule has 1 amide bonds. The van der Waals surface area contributed by atoms with Crippen LogP contribution in [0.4, 0.5) is 11.4 Å². The third-order valence-electron chi connectivity index (χ3n) is 3.26. The van der Waals surface area contributed by atoms with Crippen molar-refractivity contribution in [1.29, 1.82) is 5.26 Å². The molecule has 5 nitrogen and oxygen atoms in total. The minimum absolute atomic E-state index is 0.0181. The maximum Gasteiger partial charge on any atom is 0.248 e. The number of benzene rings is 2. The maximum absolute atomic E-state index is 11.9. The summed E-state index contributed by atoms with van der Waals surface area (Å²) in [6.45, 7) is 0.0181. The fourth-order valence-corrected chi connectivity index (χ4v) is 1.99. The molecule has 2 rings (SSSR count). The lowest BCUT2D eigenvalue weighted by Gasteiger charge is -2.12. The van der Waals surface area contributed by atoms with Crippen LogP contribution in [-0.4, -0.2) is 26.6 Å². The Morgan fingerprint density at radius 3 is 2.42 bits per heavy atom. The molecule has 0 saturated carbocycles. The maximum atomic E-state index is 11.9. The van der Waals surface area contributed by atoms with E-state index in [1.807, 2.05) is 61.5 Å². The van der Waals surface area contributed by atoms with Gasteiger partial charge in [-0.15, -0.1) is 0 Å². The number of amides is 1. The largest absolute Gasteiger partial charge is 0.479 e. The first kappa shape index (κ1) is 17.1. The quantitative estimate of drug-likeness (QED) is 0.829. The summed E-state index contributed by atoms with van der Waals surface area (Å²) in [4.78, 5) is 13.9. The monoisotopic (exact) mass is 321 g/mol. The summed E-state index contributed by atoms with van der Waals surface area (Å²) in [6.07, 6.45) is 3.20. The molecular formula is C19H19N3O2. The molecule has 24 heavy (non-hydrogen) atoms. The van der Waals surface area contributed by atoms with Crippen molar-refractivity contribution in [1.82, 2.24) is 0 Å². The van der Waals surface area contributed by atoms with Crippen LogP contribution in [0.3, 0.4) is 0 Å². The molecule has 0 heterocycles. The number of carbonyl (C=O) groups excluding carboxylic acids is 1. The highest BCUT2D eigenvalue weighted by Gasteiger charge is 2.00. The van der Waals surface area contributed by atoms with E-state index in [4.69, 9.17) is 10.00 Å². The summed E-state index contributed by atoms with van der Waals surface area (Å²) in [6, 6.07) is 16.7. The van der Waals surface area contributed by atoms with Crippen LogP contribution in [-0.2, 0) is 4.79 Å². The van der Waals surface area contributed by atoms with Crippen molar-refractivity contribution in [3.05, 3.63) is 60.2 Å². The van der Waals surface area contributed by atoms with E-state index in [2.05, 4.69) is 5.32 Å². The number of rotatable bonds is 6. The number of anilines is 2. The Bertz CT molecular complexity index is 742. The van der Waals surface area contributed by atoms with E-state index in [9.17, 15) is 4.79 Å². The van der Waals surface area contributed by atoms with Crippen LogP contribution >= 0.6 is 0 Å². The molecule has 0 aliphatic rings. The lowest BCUT2D eigenvalue weighted by atomic mass is 10.2. The van der Waals surface area contributed by atoms with Crippen LogP contribution in [0.5, 0.6) is 5.75 Å². The number of nitrogens with zero attached hydrogens (tertiary/aromatic N) is 2. The predicted molar refractivity (Wildman–Crippen MR) is 96.0 cm³/mol.